The highest BCUT2D eigenvalue weighted by Gasteiger charge is 2.28. The van der Waals surface area contributed by atoms with Gasteiger partial charge in [0.25, 0.3) is 5.56 Å². The van der Waals surface area contributed by atoms with E-state index in [2.05, 4.69) is 0 Å². The fraction of sp³-hybridized carbons (Fsp3) is 0.214. The van der Waals surface area contributed by atoms with Gasteiger partial charge in [0, 0.05) is 43.8 Å². The van der Waals surface area contributed by atoms with Gasteiger partial charge in [-0.1, -0.05) is 60.7 Å². The molecule has 0 bridgehead atoms. The summed E-state index contributed by atoms with van der Waals surface area (Å²) in [6, 6.07) is 20.5. The molecule has 0 fully saturated rings. The van der Waals surface area contributed by atoms with Gasteiger partial charge < -0.3 is 0 Å². The third-order valence-corrected chi connectivity index (χ3v) is 6.49. The molecule has 178 valence electrons. The van der Waals surface area contributed by atoms with Crippen LogP contribution in [-0.4, -0.2) is 21.0 Å². The largest absolute Gasteiger partial charge is 0.294 e. The summed E-state index contributed by atoms with van der Waals surface area (Å²) in [4.78, 5) is 20.5. The summed E-state index contributed by atoms with van der Waals surface area (Å²) in [6.45, 7) is 2.45. The maximum atomic E-state index is 14.3. The summed E-state index contributed by atoms with van der Waals surface area (Å²) in [5, 5.41) is 0. The fourth-order valence-electron chi connectivity index (χ4n) is 4.81. The molecular formula is C28H24F3N3O. The third-order valence-electron chi connectivity index (χ3n) is 6.49. The zero-order valence-electron chi connectivity index (χ0n) is 19.2. The molecule has 1 aliphatic rings. The molecule has 0 amide bonds. The van der Waals surface area contributed by atoms with Gasteiger partial charge in [-0.05, 0) is 18.1 Å². The Hall–Kier alpha value is -3.71. The van der Waals surface area contributed by atoms with Crippen LogP contribution in [0.15, 0.2) is 77.6 Å². The first-order valence-electron chi connectivity index (χ1n) is 11.5. The molecule has 4 nitrogen and oxygen atoms in total. The van der Waals surface area contributed by atoms with E-state index in [-0.39, 0.29) is 30.3 Å². The molecule has 2 heterocycles. The van der Waals surface area contributed by atoms with Crippen molar-refractivity contribution in [2.75, 3.05) is 6.54 Å². The molecule has 0 radical (unpaired) electrons. The van der Waals surface area contributed by atoms with E-state index in [1.165, 1.54) is 0 Å². The lowest BCUT2D eigenvalue weighted by molar-refractivity contribution is 0.233. The quantitative estimate of drug-likeness (QED) is 0.400. The van der Waals surface area contributed by atoms with Crippen molar-refractivity contribution in [3.8, 4) is 0 Å². The average Bonchev–Trinajstić information content (AvgIpc) is 2.85. The van der Waals surface area contributed by atoms with E-state index in [1.54, 1.807) is 9.47 Å². The van der Waals surface area contributed by atoms with Crippen LogP contribution < -0.4 is 5.56 Å². The van der Waals surface area contributed by atoms with Gasteiger partial charge in [0.2, 0.25) is 0 Å². The highest BCUT2D eigenvalue weighted by molar-refractivity contribution is 5.35. The average molecular weight is 476 g/mol. The second kappa shape index (κ2) is 9.50. The molecule has 7 heteroatoms. The summed E-state index contributed by atoms with van der Waals surface area (Å²) >= 11 is 0. The van der Waals surface area contributed by atoms with E-state index in [0.29, 0.717) is 42.2 Å². The predicted octanol–water partition coefficient (Wildman–Crippen LogP) is 5.17. The molecule has 0 saturated heterocycles. The van der Waals surface area contributed by atoms with E-state index in [1.807, 2.05) is 67.6 Å². The van der Waals surface area contributed by atoms with Crippen molar-refractivity contribution in [1.82, 2.24) is 14.5 Å². The van der Waals surface area contributed by atoms with Crippen molar-refractivity contribution in [3.63, 3.8) is 0 Å². The number of aromatic nitrogens is 2. The molecule has 1 aliphatic heterocycles. The number of halogens is 3. The van der Waals surface area contributed by atoms with Crippen molar-refractivity contribution in [3.05, 3.63) is 134 Å². The Morgan fingerprint density at radius 3 is 2.06 bits per heavy atom. The van der Waals surface area contributed by atoms with Gasteiger partial charge in [-0.3, -0.25) is 14.3 Å². The summed E-state index contributed by atoms with van der Waals surface area (Å²) in [5.41, 5.74) is 2.75. The van der Waals surface area contributed by atoms with Gasteiger partial charge in [0.05, 0.1) is 17.3 Å². The Balaban J connectivity index is 1.56. The molecule has 0 saturated carbocycles. The van der Waals surface area contributed by atoms with Crippen LogP contribution in [0.25, 0.3) is 0 Å². The minimum atomic E-state index is -0.955. The minimum absolute atomic E-state index is 0.0640. The normalized spacial score (nSPS) is 13.7. The SMILES string of the molecule is Cc1nc2c(c(=O)n1C(c1ccccc1)c1ccccc1)CN(Cc1c(F)cc(F)cc1F)CC2. The lowest BCUT2D eigenvalue weighted by Gasteiger charge is -2.30. The number of rotatable bonds is 5. The maximum absolute atomic E-state index is 14.3. The molecule has 1 aromatic heterocycles. The van der Waals surface area contributed by atoms with Crippen LogP contribution in [-0.2, 0) is 19.5 Å². The number of aryl methyl sites for hydroxylation is 1. The molecule has 0 spiro atoms. The molecule has 0 aliphatic carbocycles. The third kappa shape index (κ3) is 4.51. The smallest absolute Gasteiger partial charge is 0.259 e. The first kappa shape index (κ1) is 23.1. The second-order valence-corrected chi connectivity index (χ2v) is 8.79. The standard InChI is InChI=1S/C28H24F3N3O/c1-18-32-26-12-13-33(16-22-24(30)14-21(29)15-25(22)31)17-23(26)28(35)34(18)27(19-8-4-2-5-9-19)20-10-6-3-7-11-20/h2-11,14-15,27H,12-13,16-17H2,1H3. The monoisotopic (exact) mass is 475 g/mol. The Morgan fingerprint density at radius 1 is 0.914 bits per heavy atom. The first-order chi connectivity index (χ1) is 16.9. The van der Waals surface area contributed by atoms with Gasteiger partial charge in [0.1, 0.15) is 23.3 Å². The van der Waals surface area contributed by atoms with Crippen LogP contribution in [0.1, 0.15) is 39.8 Å². The van der Waals surface area contributed by atoms with E-state index in [4.69, 9.17) is 4.98 Å². The van der Waals surface area contributed by atoms with Gasteiger partial charge in [-0.15, -0.1) is 0 Å². The van der Waals surface area contributed by atoms with Crippen LogP contribution in [0, 0.1) is 24.4 Å². The van der Waals surface area contributed by atoms with Crippen LogP contribution in [0.4, 0.5) is 13.2 Å². The number of hydrogen-bond donors (Lipinski definition) is 0. The van der Waals surface area contributed by atoms with E-state index in [0.717, 1.165) is 11.1 Å². The molecule has 0 N–H and O–H groups in total. The van der Waals surface area contributed by atoms with Crippen LogP contribution in [0.2, 0.25) is 0 Å². The summed E-state index contributed by atoms with van der Waals surface area (Å²) in [7, 11) is 0. The van der Waals surface area contributed by atoms with Crippen LogP contribution in [0.3, 0.4) is 0 Å². The molecule has 35 heavy (non-hydrogen) atoms. The predicted molar refractivity (Wildman–Crippen MR) is 127 cm³/mol. The second-order valence-electron chi connectivity index (χ2n) is 8.79. The number of benzene rings is 3. The van der Waals surface area contributed by atoms with Gasteiger partial charge >= 0.3 is 0 Å². The maximum Gasteiger partial charge on any atom is 0.259 e. The molecule has 0 atom stereocenters. The first-order valence-corrected chi connectivity index (χ1v) is 11.5. The number of fused-ring (bicyclic) bond motifs is 1. The van der Waals surface area contributed by atoms with E-state index >= 15 is 0 Å². The Bertz CT molecular complexity index is 1360. The van der Waals surface area contributed by atoms with Crippen LogP contribution >= 0.6 is 0 Å². The highest BCUT2D eigenvalue weighted by Crippen LogP contribution is 2.28. The van der Waals surface area contributed by atoms with Crippen LogP contribution in [0.5, 0.6) is 0 Å². The zero-order valence-corrected chi connectivity index (χ0v) is 19.2. The molecule has 4 aromatic rings. The fourth-order valence-corrected chi connectivity index (χ4v) is 4.81. The number of hydrogen-bond acceptors (Lipinski definition) is 3. The Morgan fingerprint density at radius 2 is 1.49 bits per heavy atom. The van der Waals surface area contributed by atoms with Crippen molar-refractivity contribution < 1.29 is 13.2 Å². The van der Waals surface area contributed by atoms with Crippen molar-refractivity contribution >= 4 is 0 Å². The molecule has 3 aromatic carbocycles. The Kier molecular flexibility index (Phi) is 6.26. The lowest BCUT2D eigenvalue weighted by Crippen LogP contribution is -2.40. The lowest BCUT2D eigenvalue weighted by atomic mass is 9.97. The zero-order chi connectivity index (χ0) is 24.5. The summed E-state index contributed by atoms with van der Waals surface area (Å²) in [5.74, 6) is -2.21. The van der Waals surface area contributed by atoms with Gasteiger partial charge in [-0.25, -0.2) is 18.2 Å². The minimum Gasteiger partial charge on any atom is -0.294 e. The van der Waals surface area contributed by atoms with Gasteiger partial charge in [0.15, 0.2) is 0 Å². The number of nitrogens with zero attached hydrogens (tertiary/aromatic N) is 3. The topological polar surface area (TPSA) is 38.1 Å². The van der Waals surface area contributed by atoms with Gasteiger partial charge in [-0.2, -0.15) is 0 Å². The van der Waals surface area contributed by atoms with E-state index in [9.17, 15) is 18.0 Å². The summed E-state index contributed by atoms with van der Waals surface area (Å²) < 4.78 is 43.5. The van der Waals surface area contributed by atoms with Crippen molar-refractivity contribution in [2.45, 2.75) is 32.5 Å². The van der Waals surface area contributed by atoms with E-state index < -0.39 is 17.5 Å². The molecule has 0 unspecified atom stereocenters. The molecule has 5 rings (SSSR count). The molecular weight excluding hydrogens is 451 g/mol. The van der Waals surface area contributed by atoms with Crippen molar-refractivity contribution in [1.29, 1.82) is 0 Å². The van der Waals surface area contributed by atoms with Crippen molar-refractivity contribution in [2.24, 2.45) is 0 Å². The highest BCUT2D eigenvalue weighted by atomic mass is 19.1. The summed E-state index contributed by atoms with van der Waals surface area (Å²) in [6.07, 6.45) is 0.484. The Labute approximate surface area is 201 Å².